The van der Waals surface area contributed by atoms with Crippen molar-refractivity contribution in [2.24, 2.45) is 5.41 Å². The molecule has 4 rings (SSSR count). The Balaban J connectivity index is 1.59. The molecule has 0 radical (unpaired) electrons. The van der Waals surface area contributed by atoms with Crippen LogP contribution in [-0.2, 0) is 4.79 Å². The molecule has 0 bridgehead atoms. The van der Waals surface area contributed by atoms with Gasteiger partial charge in [0.15, 0.2) is 5.69 Å². The number of fused-ring (bicyclic) bond motifs is 2. The number of hydrogen-bond donors (Lipinski definition) is 3. The monoisotopic (exact) mass is 352 g/mol. The molecule has 134 valence electrons. The molecule has 7 heteroatoms. The maximum Gasteiger partial charge on any atom is 0.272 e. The summed E-state index contributed by atoms with van der Waals surface area (Å²) in [5.41, 5.74) is 0.598. The highest BCUT2D eigenvalue weighted by molar-refractivity contribution is 6.04. The van der Waals surface area contributed by atoms with Gasteiger partial charge >= 0.3 is 0 Å². The molecule has 1 aliphatic carbocycles. The summed E-state index contributed by atoms with van der Waals surface area (Å²) in [6.45, 7) is 0.438. The summed E-state index contributed by atoms with van der Waals surface area (Å²) in [5, 5.41) is 13.2. The van der Waals surface area contributed by atoms with E-state index in [1.54, 1.807) is 24.3 Å². The maximum absolute atomic E-state index is 12.7. The van der Waals surface area contributed by atoms with Crippen LogP contribution in [0.3, 0.4) is 0 Å². The molecule has 2 aromatic rings. The van der Waals surface area contributed by atoms with Gasteiger partial charge < -0.3 is 10.6 Å². The molecule has 1 atom stereocenters. The zero-order valence-electron chi connectivity index (χ0n) is 14.3. The Morgan fingerprint density at radius 1 is 1.19 bits per heavy atom. The number of nitrogens with zero attached hydrogens (tertiary/aromatic N) is 1. The third-order valence-electron chi connectivity index (χ3n) is 5.38. The molecule has 26 heavy (non-hydrogen) atoms. The molecule has 1 saturated heterocycles. The smallest absolute Gasteiger partial charge is 0.272 e. The molecular formula is C19H20N4O3. The second-order valence-corrected chi connectivity index (χ2v) is 6.97. The standard InChI is InChI=1S/C19H20N4O3/c24-15-8-10-19(9-4-3-7-14(19)21-15)11-20-18(26)16-12-5-1-2-6-13(12)17(25)23-22-16/h1-2,5-7H,3-4,8-11H2,(H,20,26)(H,21,24)(H,23,25). The molecule has 3 N–H and O–H groups in total. The number of aromatic amines is 1. The molecule has 1 fully saturated rings. The minimum Gasteiger partial charge on any atom is -0.350 e. The largest absolute Gasteiger partial charge is 0.350 e. The van der Waals surface area contributed by atoms with Crippen LogP contribution < -0.4 is 16.2 Å². The van der Waals surface area contributed by atoms with Gasteiger partial charge in [-0.25, -0.2) is 5.10 Å². The number of hydrogen-bond acceptors (Lipinski definition) is 4. The molecule has 2 amide bonds. The highest BCUT2D eigenvalue weighted by Gasteiger charge is 2.40. The van der Waals surface area contributed by atoms with Gasteiger partial charge in [0, 0.05) is 29.5 Å². The van der Waals surface area contributed by atoms with Crippen LogP contribution in [-0.4, -0.2) is 28.6 Å². The van der Waals surface area contributed by atoms with Crippen LogP contribution in [0.2, 0.25) is 0 Å². The number of aromatic nitrogens is 2. The minimum atomic E-state index is -0.325. The van der Waals surface area contributed by atoms with Crippen molar-refractivity contribution in [1.29, 1.82) is 0 Å². The van der Waals surface area contributed by atoms with E-state index < -0.39 is 0 Å². The summed E-state index contributed by atoms with van der Waals surface area (Å²) in [5.74, 6) is -0.290. The molecule has 1 unspecified atom stereocenters. The van der Waals surface area contributed by atoms with Crippen molar-refractivity contribution in [3.8, 4) is 0 Å². The van der Waals surface area contributed by atoms with E-state index in [1.807, 2.05) is 0 Å². The highest BCUT2D eigenvalue weighted by Crippen LogP contribution is 2.42. The average Bonchev–Trinajstić information content (AvgIpc) is 2.67. The van der Waals surface area contributed by atoms with E-state index in [2.05, 4.69) is 26.9 Å². The van der Waals surface area contributed by atoms with Gasteiger partial charge in [0.25, 0.3) is 11.5 Å². The van der Waals surface area contributed by atoms with Crippen LogP contribution in [0.25, 0.3) is 10.8 Å². The van der Waals surface area contributed by atoms with Crippen molar-refractivity contribution in [3.05, 3.63) is 52.1 Å². The van der Waals surface area contributed by atoms with Gasteiger partial charge in [-0.2, -0.15) is 5.10 Å². The number of benzene rings is 1. The van der Waals surface area contributed by atoms with Crippen molar-refractivity contribution in [2.45, 2.75) is 32.1 Å². The van der Waals surface area contributed by atoms with E-state index >= 15 is 0 Å². The lowest BCUT2D eigenvalue weighted by molar-refractivity contribution is -0.122. The SMILES string of the molecule is O=C1CCC2(CNC(=O)c3n[nH]c(=O)c4ccccc34)CCCC=C2N1. The Hall–Kier alpha value is -2.96. The number of rotatable bonds is 3. The third-order valence-corrected chi connectivity index (χ3v) is 5.38. The first-order valence-corrected chi connectivity index (χ1v) is 8.85. The van der Waals surface area contributed by atoms with Crippen LogP contribution in [0.15, 0.2) is 40.8 Å². The second kappa shape index (κ2) is 6.40. The van der Waals surface area contributed by atoms with E-state index in [4.69, 9.17) is 0 Å². The molecule has 0 spiro atoms. The number of piperidine rings is 1. The topological polar surface area (TPSA) is 104 Å². The van der Waals surface area contributed by atoms with Gasteiger partial charge in [-0.3, -0.25) is 14.4 Å². The predicted octanol–water partition coefficient (Wildman–Crippen LogP) is 1.62. The van der Waals surface area contributed by atoms with Crippen LogP contribution >= 0.6 is 0 Å². The summed E-state index contributed by atoms with van der Waals surface area (Å²) in [7, 11) is 0. The lowest BCUT2D eigenvalue weighted by atomic mass is 9.70. The molecule has 2 aliphatic rings. The molecule has 1 aromatic carbocycles. The Labute approximate surface area is 149 Å². The van der Waals surface area contributed by atoms with E-state index in [9.17, 15) is 14.4 Å². The van der Waals surface area contributed by atoms with Crippen molar-refractivity contribution in [1.82, 2.24) is 20.8 Å². The van der Waals surface area contributed by atoms with E-state index in [-0.39, 0.29) is 28.5 Å². The van der Waals surface area contributed by atoms with Crippen molar-refractivity contribution >= 4 is 22.6 Å². The molecule has 2 heterocycles. The first-order chi connectivity index (χ1) is 12.6. The third kappa shape index (κ3) is 2.79. The fourth-order valence-corrected chi connectivity index (χ4v) is 3.94. The van der Waals surface area contributed by atoms with E-state index in [1.165, 1.54) is 0 Å². The zero-order chi connectivity index (χ0) is 18.1. The second-order valence-electron chi connectivity index (χ2n) is 6.97. The van der Waals surface area contributed by atoms with Crippen LogP contribution in [0.1, 0.15) is 42.6 Å². The molecule has 0 saturated carbocycles. The number of carbonyl (C=O) groups excluding carboxylic acids is 2. The van der Waals surface area contributed by atoms with Crippen LogP contribution in [0.4, 0.5) is 0 Å². The Kier molecular flexibility index (Phi) is 4.06. The van der Waals surface area contributed by atoms with Gasteiger partial charge in [0.05, 0.1) is 5.39 Å². The van der Waals surface area contributed by atoms with E-state index in [0.717, 1.165) is 31.4 Å². The summed E-state index contributed by atoms with van der Waals surface area (Å²) in [6.07, 6.45) is 6.17. The number of H-pyrrole nitrogens is 1. The van der Waals surface area contributed by atoms with Gasteiger partial charge in [0.2, 0.25) is 5.91 Å². The Morgan fingerprint density at radius 2 is 2.00 bits per heavy atom. The van der Waals surface area contributed by atoms with Gasteiger partial charge in [-0.05, 0) is 31.7 Å². The lowest BCUT2D eigenvalue weighted by Gasteiger charge is -2.42. The summed E-state index contributed by atoms with van der Waals surface area (Å²) in [4.78, 5) is 36.3. The average molecular weight is 352 g/mol. The van der Waals surface area contributed by atoms with Gasteiger partial charge in [-0.15, -0.1) is 0 Å². The normalized spacial score (nSPS) is 22.3. The minimum absolute atomic E-state index is 0.0356. The molecule has 1 aromatic heterocycles. The van der Waals surface area contributed by atoms with Gasteiger partial charge in [-0.1, -0.05) is 24.3 Å². The zero-order valence-corrected chi connectivity index (χ0v) is 14.3. The molecule has 7 nitrogen and oxygen atoms in total. The van der Waals surface area contributed by atoms with Crippen molar-refractivity contribution < 1.29 is 9.59 Å². The first-order valence-electron chi connectivity index (χ1n) is 8.85. The number of carbonyl (C=O) groups is 2. The summed E-state index contributed by atoms with van der Waals surface area (Å²) in [6, 6.07) is 6.92. The van der Waals surface area contributed by atoms with Crippen LogP contribution in [0, 0.1) is 5.41 Å². The highest BCUT2D eigenvalue weighted by atomic mass is 16.2. The lowest BCUT2D eigenvalue weighted by Crippen LogP contribution is -2.48. The number of amides is 2. The Morgan fingerprint density at radius 3 is 2.85 bits per heavy atom. The predicted molar refractivity (Wildman–Crippen MR) is 96.4 cm³/mol. The Bertz CT molecular complexity index is 978. The quantitative estimate of drug-likeness (QED) is 0.781. The van der Waals surface area contributed by atoms with Crippen molar-refractivity contribution in [2.75, 3.05) is 6.54 Å². The van der Waals surface area contributed by atoms with Crippen LogP contribution in [0.5, 0.6) is 0 Å². The number of allylic oxidation sites excluding steroid dienone is 1. The fourth-order valence-electron chi connectivity index (χ4n) is 3.94. The molecule has 1 aliphatic heterocycles. The summed E-state index contributed by atoms with van der Waals surface area (Å²) >= 11 is 0. The first kappa shape index (κ1) is 16.5. The van der Waals surface area contributed by atoms with Gasteiger partial charge in [0.1, 0.15) is 0 Å². The number of nitrogens with one attached hydrogen (secondary N) is 3. The van der Waals surface area contributed by atoms with E-state index in [0.29, 0.717) is 23.7 Å². The summed E-state index contributed by atoms with van der Waals surface area (Å²) < 4.78 is 0. The van der Waals surface area contributed by atoms with Crippen molar-refractivity contribution in [3.63, 3.8) is 0 Å². The fraction of sp³-hybridized carbons (Fsp3) is 0.368. The maximum atomic E-state index is 12.7. The molecular weight excluding hydrogens is 332 g/mol.